The number of benzene rings is 4. The van der Waals surface area contributed by atoms with E-state index in [0.717, 1.165) is 33.5 Å². The Kier molecular flexibility index (Phi) is 8.72. The minimum absolute atomic E-state index is 0.214. The Morgan fingerprint density at radius 1 is 0.977 bits per heavy atom. The molecule has 0 bridgehead atoms. The Morgan fingerprint density at radius 3 is 2.57 bits per heavy atom. The third-order valence-corrected chi connectivity index (χ3v) is 8.70. The number of nitrogens with zero attached hydrogens (tertiary/aromatic N) is 3. The number of ether oxygens (including phenoxy) is 1. The van der Waals surface area contributed by atoms with Crippen molar-refractivity contribution in [2.45, 2.75) is 44.3 Å². The van der Waals surface area contributed by atoms with Crippen molar-refractivity contribution in [3.8, 4) is 5.75 Å². The van der Waals surface area contributed by atoms with Crippen LogP contribution in [0.2, 0.25) is 5.02 Å². The molecule has 1 atom stereocenters. The van der Waals surface area contributed by atoms with Crippen LogP contribution in [0.4, 0.5) is 11.6 Å². The van der Waals surface area contributed by atoms with Crippen molar-refractivity contribution in [2.24, 2.45) is 0 Å². The first-order valence-electron chi connectivity index (χ1n) is 14.3. The zero-order valence-corrected chi connectivity index (χ0v) is 26.2. The van der Waals surface area contributed by atoms with Crippen LogP contribution in [0.5, 0.6) is 5.75 Å². The molecule has 1 aliphatic heterocycles. The fourth-order valence-corrected chi connectivity index (χ4v) is 6.33. The molecule has 4 aromatic carbocycles. The highest BCUT2D eigenvalue weighted by Gasteiger charge is 2.35. The maximum absolute atomic E-state index is 14.0. The van der Waals surface area contributed by atoms with E-state index in [9.17, 15) is 4.79 Å². The van der Waals surface area contributed by atoms with Gasteiger partial charge in [0, 0.05) is 22.2 Å². The Hall–Kier alpha value is -4.53. The second kappa shape index (κ2) is 13.0. The summed E-state index contributed by atoms with van der Waals surface area (Å²) in [6, 6.07) is 31.0. The number of hydrogen-bond donors (Lipinski definition) is 2. The average Bonchev–Trinajstić information content (AvgIpc) is 3.43. The molecular formula is C35H32ClN5O2S. The molecule has 7 nitrogen and oxygen atoms in total. The number of anilines is 2. The molecule has 5 aromatic rings. The van der Waals surface area contributed by atoms with Gasteiger partial charge in [0.15, 0.2) is 0 Å². The third-order valence-electron chi connectivity index (χ3n) is 7.44. The SMILES string of the molecule is CC1=C(C(=O)Nc2ccc(C)cc2C)C(c2cccc(OCc3ccccc3)c2)n2nc(SCc3ccccc3Cl)nc2N1. The van der Waals surface area contributed by atoms with Gasteiger partial charge in [-0.2, -0.15) is 4.98 Å². The zero-order chi connectivity index (χ0) is 30.6. The number of rotatable bonds is 9. The van der Waals surface area contributed by atoms with E-state index in [0.29, 0.717) is 45.5 Å². The number of halogens is 1. The zero-order valence-electron chi connectivity index (χ0n) is 24.7. The molecule has 1 aliphatic rings. The quantitative estimate of drug-likeness (QED) is 0.161. The molecule has 0 aliphatic carbocycles. The van der Waals surface area contributed by atoms with Gasteiger partial charge in [0.1, 0.15) is 18.4 Å². The van der Waals surface area contributed by atoms with Gasteiger partial charge in [-0.05, 0) is 67.3 Å². The van der Waals surface area contributed by atoms with Crippen molar-refractivity contribution in [3.05, 3.63) is 141 Å². The fraction of sp³-hybridized carbons (Fsp3) is 0.171. The molecule has 222 valence electrons. The number of thioether (sulfide) groups is 1. The number of nitrogens with one attached hydrogen (secondary N) is 2. The van der Waals surface area contributed by atoms with Crippen LogP contribution in [0.1, 0.15) is 40.8 Å². The lowest BCUT2D eigenvalue weighted by molar-refractivity contribution is -0.113. The molecule has 2 heterocycles. The molecular weight excluding hydrogens is 590 g/mol. The van der Waals surface area contributed by atoms with E-state index in [1.807, 2.05) is 112 Å². The standard InChI is InChI=1S/C35H32ClN5O2S/c1-22-16-17-30(23(2)18-22)38-33(42)31-24(3)37-34-39-35(44-21-27-12-7-8-15-29(27)36)40-41(34)32(31)26-13-9-14-28(19-26)43-20-25-10-5-4-6-11-25/h4-19,32H,20-21H2,1-3H3,(H,38,42)(H,37,39,40). The highest BCUT2D eigenvalue weighted by molar-refractivity contribution is 7.98. The minimum Gasteiger partial charge on any atom is -0.489 e. The lowest BCUT2D eigenvalue weighted by Crippen LogP contribution is -2.31. The maximum atomic E-state index is 14.0. The summed E-state index contributed by atoms with van der Waals surface area (Å²) in [5.74, 6) is 1.66. The largest absolute Gasteiger partial charge is 0.489 e. The molecule has 0 saturated carbocycles. The van der Waals surface area contributed by atoms with Gasteiger partial charge < -0.3 is 15.4 Å². The predicted octanol–water partition coefficient (Wildman–Crippen LogP) is 8.35. The van der Waals surface area contributed by atoms with Crippen LogP contribution >= 0.6 is 23.4 Å². The summed E-state index contributed by atoms with van der Waals surface area (Å²) in [5, 5.41) is 12.6. The first kappa shape index (κ1) is 29.5. The first-order chi connectivity index (χ1) is 21.4. The van der Waals surface area contributed by atoms with Gasteiger partial charge in [-0.15, -0.1) is 5.10 Å². The van der Waals surface area contributed by atoms with Crippen molar-refractivity contribution >= 4 is 40.9 Å². The fourth-order valence-electron chi connectivity index (χ4n) is 5.21. The molecule has 9 heteroatoms. The summed E-state index contributed by atoms with van der Waals surface area (Å²) in [6.07, 6.45) is 0. The van der Waals surface area contributed by atoms with Gasteiger partial charge in [-0.3, -0.25) is 4.79 Å². The topological polar surface area (TPSA) is 81.1 Å². The van der Waals surface area contributed by atoms with Gasteiger partial charge in [0.2, 0.25) is 11.1 Å². The number of fused-ring (bicyclic) bond motifs is 1. The monoisotopic (exact) mass is 621 g/mol. The van der Waals surface area contributed by atoms with Crippen molar-refractivity contribution in [2.75, 3.05) is 10.6 Å². The molecule has 0 fully saturated rings. The van der Waals surface area contributed by atoms with E-state index in [-0.39, 0.29) is 5.91 Å². The van der Waals surface area contributed by atoms with E-state index >= 15 is 0 Å². The second-order valence-electron chi connectivity index (χ2n) is 10.7. The Labute approximate surface area is 266 Å². The van der Waals surface area contributed by atoms with Crippen LogP contribution in [0.3, 0.4) is 0 Å². The summed E-state index contributed by atoms with van der Waals surface area (Å²) in [5.41, 5.74) is 7.07. The van der Waals surface area contributed by atoms with Crippen LogP contribution in [-0.2, 0) is 17.2 Å². The molecule has 1 unspecified atom stereocenters. The van der Waals surface area contributed by atoms with Crippen molar-refractivity contribution in [3.63, 3.8) is 0 Å². The molecule has 6 rings (SSSR count). The average molecular weight is 622 g/mol. The highest BCUT2D eigenvalue weighted by atomic mass is 35.5. The Bertz CT molecular complexity index is 1850. The van der Waals surface area contributed by atoms with Gasteiger partial charge in [0.05, 0.1) is 5.57 Å². The Balaban J connectivity index is 1.34. The summed E-state index contributed by atoms with van der Waals surface area (Å²) in [7, 11) is 0. The minimum atomic E-state index is -0.542. The van der Waals surface area contributed by atoms with Crippen molar-refractivity contribution in [1.82, 2.24) is 14.8 Å². The van der Waals surface area contributed by atoms with Crippen LogP contribution in [-0.4, -0.2) is 20.7 Å². The summed E-state index contributed by atoms with van der Waals surface area (Å²) < 4.78 is 7.95. The molecule has 1 amide bonds. The Morgan fingerprint density at radius 2 is 1.77 bits per heavy atom. The van der Waals surface area contributed by atoms with E-state index in [1.165, 1.54) is 11.8 Å². The van der Waals surface area contributed by atoms with E-state index < -0.39 is 6.04 Å². The van der Waals surface area contributed by atoms with Crippen LogP contribution in [0.25, 0.3) is 0 Å². The lowest BCUT2D eigenvalue weighted by atomic mass is 9.94. The molecule has 44 heavy (non-hydrogen) atoms. The third kappa shape index (κ3) is 6.51. The van der Waals surface area contributed by atoms with Gasteiger partial charge in [0.25, 0.3) is 5.91 Å². The van der Waals surface area contributed by atoms with Gasteiger partial charge >= 0.3 is 0 Å². The maximum Gasteiger partial charge on any atom is 0.255 e. The summed E-state index contributed by atoms with van der Waals surface area (Å²) >= 11 is 7.89. The van der Waals surface area contributed by atoms with Crippen LogP contribution in [0, 0.1) is 13.8 Å². The highest BCUT2D eigenvalue weighted by Crippen LogP contribution is 2.38. The van der Waals surface area contributed by atoms with E-state index in [1.54, 1.807) is 4.68 Å². The summed E-state index contributed by atoms with van der Waals surface area (Å²) in [4.78, 5) is 18.8. The van der Waals surface area contributed by atoms with Gasteiger partial charge in [-0.25, -0.2) is 4.68 Å². The van der Waals surface area contributed by atoms with E-state index in [4.69, 9.17) is 26.4 Å². The number of aryl methyl sites for hydroxylation is 2. The van der Waals surface area contributed by atoms with Crippen LogP contribution in [0.15, 0.2) is 113 Å². The van der Waals surface area contributed by atoms with Gasteiger partial charge in [-0.1, -0.05) is 102 Å². The number of hydrogen-bond acceptors (Lipinski definition) is 6. The summed E-state index contributed by atoms with van der Waals surface area (Å²) in [6.45, 7) is 6.36. The molecule has 0 radical (unpaired) electrons. The van der Waals surface area contributed by atoms with E-state index in [2.05, 4.69) is 16.7 Å². The first-order valence-corrected chi connectivity index (χ1v) is 15.7. The number of allylic oxidation sites excluding steroid dienone is 1. The normalized spacial score (nSPS) is 14.1. The molecule has 2 N–H and O–H groups in total. The smallest absolute Gasteiger partial charge is 0.255 e. The van der Waals surface area contributed by atoms with Crippen LogP contribution < -0.4 is 15.4 Å². The number of amides is 1. The molecule has 0 saturated heterocycles. The molecule has 1 aromatic heterocycles. The predicted molar refractivity (Wildman–Crippen MR) is 177 cm³/mol. The van der Waals surface area contributed by atoms with Crippen molar-refractivity contribution < 1.29 is 9.53 Å². The lowest BCUT2D eigenvalue weighted by Gasteiger charge is -2.29. The second-order valence-corrected chi connectivity index (χ2v) is 12.1. The number of aromatic nitrogens is 3. The number of carbonyl (C=O) groups excluding carboxylic acids is 1. The van der Waals surface area contributed by atoms with Crippen molar-refractivity contribution in [1.29, 1.82) is 0 Å². The molecule has 0 spiro atoms. The number of carbonyl (C=O) groups is 1.